The van der Waals surface area contributed by atoms with Crippen molar-refractivity contribution in [3.05, 3.63) is 63.6 Å². The molecule has 0 aliphatic heterocycles. The minimum Gasteiger partial charge on any atom is -0.465 e. The van der Waals surface area contributed by atoms with Crippen molar-refractivity contribution in [3.8, 4) is 0 Å². The Morgan fingerprint density at radius 3 is 2.42 bits per heavy atom. The molecule has 0 aliphatic carbocycles. The summed E-state index contributed by atoms with van der Waals surface area (Å²) < 4.78 is 4.72. The number of rotatable bonds is 6. The Morgan fingerprint density at radius 2 is 1.77 bits per heavy atom. The summed E-state index contributed by atoms with van der Waals surface area (Å²) in [6, 6.07) is 12.0. The van der Waals surface area contributed by atoms with Crippen molar-refractivity contribution in [2.24, 2.45) is 0 Å². The van der Waals surface area contributed by atoms with Crippen molar-refractivity contribution < 1.29 is 14.3 Å². The van der Waals surface area contributed by atoms with E-state index < -0.39 is 11.5 Å². The molecule has 0 heterocycles. The van der Waals surface area contributed by atoms with Crippen LogP contribution >= 0.6 is 23.2 Å². The summed E-state index contributed by atoms with van der Waals surface area (Å²) in [5, 5.41) is 6.83. The molecular formula is C19H20Cl2N2O3. The highest BCUT2D eigenvalue weighted by molar-refractivity contribution is 6.42. The predicted molar refractivity (Wildman–Crippen MR) is 104 cm³/mol. The van der Waals surface area contributed by atoms with Gasteiger partial charge < -0.3 is 10.1 Å². The number of hydrogen-bond donors (Lipinski definition) is 2. The van der Waals surface area contributed by atoms with Gasteiger partial charge in [0, 0.05) is 5.54 Å². The van der Waals surface area contributed by atoms with Crippen LogP contribution in [0.3, 0.4) is 0 Å². The van der Waals surface area contributed by atoms with Gasteiger partial charge in [0.15, 0.2) is 0 Å². The number of halogens is 2. The zero-order chi connectivity index (χ0) is 19.3. The first kappa shape index (κ1) is 20.2. The SMILES string of the molecule is COC(=O)c1ccccc1NC(=O)CNC(C)(C)c1ccc(Cl)c(Cl)c1. The molecule has 2 aromatic carbocycles. The maximum absolute atomic E-state index is 12.3. The first-order valence-corrected chi connectivity index (χ1v) is 8.68. The van der Waals surface area contributed by atoms with E-state index in [0.717, 1.165) is 5.56 Å². The summed E-state index contributed by atoms with van der Waals surface area (Å²) in [6.45, 7) is 3.91. The van der Waals surface area contributed by atoms with E-state index in [9.17, 15) is 9.59 Å². The lowest BCUT2D eigenvalue weighted by Crippen LogP contribution is -2.41. The minimum absolute atomic E-state index is 0.0444. The topological polar surface area (TPSA) is 67.4 Å². The molecule has 26 heavy (non-hydrogen) atoms. The van der Waals surface area contributed by atoms with Gasteiger partial charge in [0.1, 0.15) is 0 Å². The lowest BCUT2D eigenvalue weighted by molar-refractivity contribution is -0.115. The van der Waals surface area contributed by atoms with Crippen molar-refractivity contribution in [2.45, 2.75) is 19.4 Å². The second kappa shape index (κ2) is 8.54. The highest BCUT2D eigenvalue weighted by Gasteiger charge is 2.22. The number of carbonyl (C=O) groups excluding carboxylic acids is 2. The molecule has 0 fully saturated rings. The standard InChI is InChI=1S/C19H20Cl2N2O3/c1-19(2,12-8-9-14(20)15(21)10-12)22-11-17(24)23-16-7-5-4-6-13(16)18(25)26-3/h4-10,22H,11H2,1-3H3,(H,23,24). The fourth-order valence-electron chi connectivity index (χ4n) is 2.36. The van der Waals surface area contributed by atoms with Crippen molar-refractivity contribution >= 4 is 40.8 Å². The number of hydrogen-bond acceptors (Lipinski definition) is 4. The molecule has 2 N–H and O–H groups in total. The molecule has 0 saturated heterocycles. The maximum atomic E-state index is 12.3. The van der Waals surface area contributed by atoms with E-state index in [-0.39, 0.29) is 12.5 Å². The summed E-state index contributed by atoms with van der Waals surface area (Å²) in [5.74, 6) is -0.792. The van der Waals surface area contributed by atoms with Crippen LogP contribution in [-0.4, -0.2) is 25.5 Å². The molecule has 138 valence electrons. The molecule has 0 spiro atoms. The summed E-state index contributed by atoms with van der Waals surface area (Å²) in [4.78, 5) is 24.1. The number of anilines is 1. The number of nitrogens with one attached hydrogen (secondary N) is 2. The molecule has 2 rings (SSSR count). The van der Waals surface area contributed by atoms with Gasteiger partial charge >= 0.3 is 5.97 Å². The van der Waals surface area contributed by atoms with Crippen LogP contribution in [0.4, 0.5) is 5.69 Å². The molecule has 0 saturated carbocycles. The molecule has 0 unspecified atom stereocenters. The lowest BCUT2D eigenvalue weighted by atomic mass is 9.94. The molecular weight excluding hydrogens is 375 g/mol. The third-order valence-corrected chi connectivity index (χ3v) is 4.68. The van der Waals surface area contributed by atoms with Crippen LogP contribution in [0.1, 0.15) is 29.8 Å². The molecule has 0 atom stereocenters. The molecule has 0 radical (unpaired) electrons. The Labute approximate surface area is 162 Å². The molecule has 0 aliphatic rings. The number of para-hydroxylation sites is 1. The van der Waals surface area contributed by atoms with E-state index in [0.29, 0.717) is 21.3 Å². The number of amides is 1. The highest BCUT2D eigenvalue weighted by atomic mass is 35.5. The van der Waals surface area contributed by atoms with Gasteiger partial charge in [-0.05, 0) is 43.7 Å². The van der Waals surface area contributed by atoms with Gasteiger partial charge in [-0.1, -0.05) is 41.4 Å². The Kier molecular flexibility index (Phi) is 6.64. The number of carbonyl (C=O) groups is 2. The van der Waals surface area contributed by atoms with Crippen LogP contribution in [0, 0.1) is 0 Å². The van der Waals surface area contributed by atoms with Gasteiger partial charge in [0.25, 0.3) is 0 Å². The van der Waals surface area contributed by atoms with Gasteiger partial charge in [-0.2, -0.15) is 0 Å². The van der Waals surface area contributed by atoms with E-state index in [1.54, 1.807) is 36.4 Å². The normalized spacial score (nSPS) is 11.1. The third kappa shape index (κ3) is 4.97. The summed E-state index contributed by atoms with van der Waals surface area (Å²) >= 11 is 12.0. The maximum Gasteiger partial charge on any atom is 0.339 e. The van der Waals surface area contributed by atoms with Crippen molar-refractivity contribution in [3.63, 3.8) is 0 Å². The Balaban J connectivity index is 2.04. The molecule has 5 nitrogen and oxygen atoms in total. The average molecular weight is 395 g/mol. The first-order chi connectivity index (χ1) is 12.2. The van der Waals surface area contributed by atoms with Gasteiger partial charge in [0.2, 0.25) is 5.91 Å². The number of methoxy groups -OCH3 is 1. The number of benzene rings is 2. The monoisotopic (exact) mass is 394 g/mol. The van der Waals surface area contributed by atoms with E-state index in [2.05, 4.69) is 10.6 Å². The largest absolute Gasteiger partial charge is 0.465 e. The van der Waals surface area contributed by atoms with Crippen LogP contribution in [0.25, 0.3) is 0 Å². The second-order valence-electron chi connectivity index (χ2n) is 6.19. The molecule has 0 bridgehead atoms. The molecule has 0 aromatic heterocycles. The Bertz CT molecular complexity index is 822. The molecule has 2 aromatic rings. The fraction of sp³-hybridized carbons (Fsp3) is 0.263. The quantitative estimate of drug-likeness (QED) is 0.718. The summed E-state index contributed by atoms with van der Waals surface area (Å²) in [6.07, 6.45) is 0. The zero-order valence-corrected chi connectivity index (χ0v) is 16.2. The van der Waals surface area contributed by atoms with Gasteiger partial charge in [-0.15, -0.1) is 0 Å². The second-order valence-corrected chi connectivity index (χ2v) is 7.01. The average Bonchev–Trinajstić information content (AvgIpc) is 2.62. The number of esters is 1. The van der Waals surface area contributed by atoms with Gasteiger partial charge in [0.05, 0.1) is 35.0 Å². The van der Waals surface area contributed by atoms with Crippen LogP contribution < -0.4 is 10.6 Å². The Hall–Kier alpha value is -2.08. The van der Waals surface area contributed by atoms with Crippen LogP contribution in [0.5, 0.6) is 0 Å². The first-order valence-electron chi connectivity index (χ1n) is 7.92. The number of ether oxygens (including phenoxy) is 1. The van der Waals surface area contributed by atoms with Crippen molar-refractivity contribution in [2.75, 3.05) is 19.0 Å². The van der Waals surface area contributed by atoms with E-state index in [1.165, 1.54) is 7.11 Å². The molecule has 1 amide bonds. The summed E-state index contributed by atoms with van der Waals surface area (Å²) in [5.41, 5.74) is 1.09. The minimum atomic E-state index is -0.509. The van der Waals surface area contributed by atoms with Gasteiger partial charge in [-0.3, -0.25) is 10.1 Å². The smallest absolute Gasteiger partial charge is 0.339 e. The third-order valence-electron chi connectivity index (χ3n) is 3.94. The van der Waals surface area contributed by atoms with E-state index >= 15 is 0 Å². The lowest BCUT2D eigenvalue weighted by Gasteiger charge is -2.27. The van der Waals surface area contributed by atoms with E-state index in [1.807, 2.05) is 19.9 Å². The van der Waals surface area contributed by atoms with Crippen LogP contribution in [0.15, 0.2) is 42.5 Å². The van der Waals surface area contributed by atoms with Crippen LogP contribution in [0.2, 0.25) is 10.0 Å². The highest BCUT2D eigenvalue weighted by Crippen LogP contribution is 2.28. The molecule has 7 heteroatoms. The Morgan fingerprint density at radius 1 is 1.08 bits per heavy atom. The van der Waals surface area contributed by atoms with E-state index in [4.69, 9.17) is 27.9 Å². The summed E-state index contributed by atoms with van der Waals surface area (Å²) in [7, 11) is 1.29. The zero-order valence-electron chi connectivity index (χ0n) is 14.7. The van der Waals surface area contributed by atoms with Crippen molar-refractivity contribution in [1.82, 2.24) is 5.32 Å². The van der Waals surface area contributed by atoms with Crippen LogP contribution in [-0.2, 0) is 15.1 Å². The fourth-order valence-corrected chi connectivity index (χ4v) is 2.66. The van der Waals surface area contributed by atoms with Crippen molar-refractivity contribution in [1.29, 1.82) is 0 Å². The van der Waals surface area contributed by atoms with Gasteiger partial charge in [-0.25, -0.2) is 4.79 Å². The predicted octanol–water partition coefficient (Wildman–Crippen LogP) is 4.24.